The molecule has 2 aliphatic carbocycles. The fourth-order valence-electron chi connectivity index (χ4n) is 8.23. The summed E-state index contributed by atoms with van der Waals surface area (Å²) in [7, 11) is 0. The monoisotopic (exact) mass is 617 g/mol. The first-order chi connectivity index (χ1) is 22.1. The third-order valence-electron chi connectivity index (χ3n) is 11.2. The second-order valence-corrected chi connectivity index (χ2v) is 15.0. The second-order valence-electron chi connectivity index (χ2n) is 15.0. The highest BCUT2D eigenvalue weighted by Gasteiger charge is 2.24. The van der Waals surface area contributed by atoms with Gasteiger partial charge in [0.2, 0.25) is 0 Å². The zero-order valence-corrected chi connectivity index (χ0v) is 29.9. The molecule has 45 heavy (non-hydrogen) atoms. The molecule has 0 spiro atoms. The lowest BCUT2D eigenvalue weighted by atomic mass is 9.77. The van der Waals surface area contributed by atoms with Gasteiger partial charge in [-0.25, -0.2) is 0 Å². The molecule has 0 radical (unpaired) electrons. The molecular weight excluding hydrogens is 548 g/mol. The van der Waals surface area contributed by atoms with Gasteiger partial charge in [0, 0.05) is 11.4 Å². The summed E-state index contributed by atoms with van der Waals surface area (Å²) in [6, 6.07) is 4.67. The molecule has 3 nitrogen and oxygen atoms in total. The quantitative estimate of drug-likeness (QED) is 0.139. The van der Waals surface area contributed by atoms with E-state index >= 15 is 0 Å². The Balaban J connectivity index is 1.45. The molecule has 0 unspecified atom stereocenters. The van der Waals surface area contributed by atoms with Crippen molar-refractivity contribution in [3.63, 3.8) is 0 Å². The average Bonchev–Trinajstić information content (AvgIpc) is 3.06. The Morgan fingerprint density at radius 1 is 0.511 bits per heavy atom. The number of pyridine rings is 2. The van der Waals surface area contributed by atoms with Gasteiger partial charge in [-0.2, -0.15) is 0 Å². The molecule has 2 aromatic heterocycles. The maximum Gasteiger partial charge on any atom is 0.146 e. The SMILES string of the molecule is CCCCCc1ncc(Oc2cnc(CCCCC)c(CC3CCC(CCCC)CC3)c2)cc1CC1CCC(CCCC)CC1. The standard InChI is InChI=1S/C42H68N2O/c1-5-9-13-17-41-37(27-35-23-19-33(20-24-35)15-11-7-3)29-39(31-43-41)45-40-30-38(42(44-32-40)18-14-10-6-2)28-36-25-21-34(22-26-36)16-12-8-4/h29-36H,5-28H2,1-4H3. The molecule has 0 aromatic carbocycles. The summed E-state index contributed by atoms with van der Waals surface area (Å²) in [5, 5.41) is 0. The summed E-state index contributed by atoms with van der Waals surface area (Å²) >= 11 is 0. The van der Waals surface area contributed by atoms with Gasteiger partial charge in [-0.3, -0.25) is 9.97 Å². The molecule has 3 heteroatoms. The van der Waals surface area contributed by atoms with E-state index in [4.69, 9.17) is 14.7 Å². The van der Waals surface area contributed by atoms with E-state index in [9.17, 15) is 0 Å². The summed E-state index contributed by atoms with van der Waals surface area (Å²) < 4.78 is 6.60. The smallest absolute Gasteiger partial charge is 0.146 e. The Morgan fingerprint density at radius 2 is 0.889 bits per heavy atom. The number of rotatable bonds is 20. The van der Waals surface area contributed by atoms with Crippen LogP contribution in [0.3, 0.4) is 0 Å². The van der Waals surface area contributed by atoms with Crippen LogP contribution in [0.4, 0.5) is 0 Å². The van der Waals surface area contributed by atoms with E-state index < -0.39 is 0 Å². The van der Waals surface area contributed by atoms with Crippen LogP contribution in [-0.4, -0.2) is 9.97 Å². The molecule has 4 rings (SSSR count). The minimum atomic E-state index is 0.789. The first kappa shape index (κ1) is 35.9. The minimum Gasteiger partial charge on any atom is -0.454 e. The largest absolute Gasteiger partial charge is 0.454 e. The predicted molar refractivity (Wildman–Crippen MR) is 192 cm³/mol. The van der Waals surface area contributed by atoms with Gasteiger partial charge in [0.15, 0.2) is 0 Å². The first-order valence-electron chi connectivity index (χ1n) is 19.7. The van der Waals surface area contributed by atoms with Crippen LogP contribution in [0, 0.1) is 23.7 Å². The Morgan fingerprint density at radius 3 is 1.27 bits per heavy atom. The van der Waals surface area contributed by atoms with Crippen molar-refractivity contribution in [2.45, 2.75) is 182 Å². The highest BCUT2D eigenvalue weighted by atomic mass is 16.5. The zero-order valence-electron chi connectivity index (χ0n) is 29.9. The molecule has 2 aromatic rings. The van der Waals surface area contributed by atoms with E-state index in [2.05, 4.69) is 39.8 Å². The van der Waals surface area contributed by atoms with Crippen LogP contribution in [0.25, 0.3) is 0 Å². The molecule has 0 atom stereocenters. The molecule has 2 saturated carbocycles. The Bertz CT molecular complexity index is 995. The van der Waals surface area contributed by atoms with Gasteiger partial charge in [-0.15, -0.1) is 0 Å². The van der Waals surface area contributed by atoms with E-state index in [1.165, 1.54) is 151 Å². The first-order valence-corrected chi connectivity index (χ1v) is 19.7. The van der Waals surface area contributed by atoms with Crippen LogP contribution in [0.1, 0.15) is 179 Å². The van der Waals surface area contributed by atoms with Crippen LogP contribution in [0.15, 0.2) is 24.5 Å². The van der Waals surface area contributed by atoms with Crippen molar-refractivity contribution in [2.24, 2.45) is 23.7 Å². The Kier molecular flexibility index (Phi) is 16.3. The van der Waals surface area contributed by atoms with Gasteiger partial charge in [0.25, 0.3) is 0 Å². The average molecular weight is 617 g/mol. The van der Waals surface area contributed by atoms with Crippen LogP contribution < -0.4 is 4.74 Å². The number of nitrogens with zero attached hydrogens (tertiary/aromatic N) is 2. The van der Waals surface area contributed by atoms with Gasteiger partial charge in [0.05, 0.1) is 12.4 Å². The molecule has 252 valence electrons. The minimum absolute atomic E-state index is 0.789. The third kappa shape index (κ3) is 12.3. The molecular formula is C42H68N2O. The highest BCUT2D eigenvalue weighted by molar-refractivity contribution is 5.36. The molecule has 0 amide bonds. The molecule has 0 bridgehead atoms. The van der Waals surface area contributed by atoms with Crippen molar-refractivity contribution in [3.05, 3.63) is 47.0 Å². The third-order valence-corrected chi connectivity index (χ3v) is 11.2. The van der Waals surface area contributed by atoms with Gasteiger partial charge in [-0.1, -0.05) is 118 Å². The lowest BCUT2D eigenvalue weighted by molar-refractivity contribution is 0.258. The normalized spacial score (nSPS) is 22.0. The number of unbranched alkanes of at least 4 members (excludes halogenated alkanes) is 6. The molecule has 2 aliphatic rings. The highest BCUT2D eigenvalue weighted by Crippen LogP contribution is 2.37. The van der Waals surface area contributed by atoms with Gasteiger partial charge in [0.1, 0.15) is 11.5 Å². The second kappa shape index (κ2) is 20.4. The summed E-state index contributed by atoms with van der Waals surface area (Å²) in [5.41, 5.74) is 5.49. The van der Waals surface area contributed by atoms with Gasteiger partial charge < -0.3 is 4.74 Å². The molecule has 0 aliphatic heterocycles. The number of aryl methyl sites for hydroxylation is 2. The number of hydrogen-bond donors (Lipinski definition) is 0. The van der Waals surface area contributed by atoms with E-state index in [1.54, 1.807) is 0 Å². The van der Waals surface area contributed by atoms with Crippen LogP contribution >= 0.6 is 0 Å². The fraction of sp³-hybridized carbons (Fsp3) is 0.762. The van der Waals surface area contributed by atoms with E-state index in [0.717, 1.165) is 60.9 Å². The lowest BCUT2D eigenvalue weighted by Gasteiger charge is -2.29. The molecule has 2 heterocycles. The maximum atomic E-state index is 6.60. The molecule has 2 fully saturated rings. The molecule has 0 N–H and O–H groups in total. The summed E-state index contributed by atoms with van der Waals surface area (Å²) in [4.78, 5) is 10.1. The topological polar surface area (TPSA) is 35.0 Å². The van der Waals surface area contributed by atoms with E-state index in [-0.39, 0.29) is 0 Å². The van der Waals surface area contributed by atoms with Crippen LogP contribution in [0.2, 0.25) is 0 Å². The number of ether oxygens (including phenoxy) is 1. The lowest BCUT2D eigenvalue weighted by Crippen LogP contribution is -2.17. The number of aromatic nitrogens is 2. The van der Waals surface area contributed by atoms with E-state index in [1.807, 2.05) is 12.4 Å². The van der Waals surface area contributed by atoms with Crippen molar-refractivity contribution in [2.75, 3.05) is 0 Å². The predicted octanol–water partition coefficient (Wildman–Crippen LogP) is 12.8. The van der Waals surface area contributed by atoms with Crippen molar-refractivity contribution in [1.29, 1.82) is 0 Å². The number of hydrogen-bond acceptors (Lipinski definition) is 3. The summed E-state index contributed by atoms with van der Waals surface area (Å²) in [5.74, 6) is 5.28. The van der Waals surface area contributed by atoms with Gasteiger partial charge in [-0.05, 0) is 111 Å². The fourth-order valence-corrected chi connectivity index (χ4v) is 8.23. The van der Waals surface area contributed by atoms with Crippen molar-refractivity contribution < 1.29 is 4.74 Å². The van der Waals surface area contributed by atoms with Crippen molar-refractivity contribution in [1.82, 2.24) is 9.97 Å². The van der Waals surface area contributed by atoms with E-state index in [0.29, 0.717) is 0 Å². The van der Waals surface area contributed by atoms with Crippen molar-refractivity contribution in [3.8, 4) is 11.5 Å². The Hall–Kier alpha value is -1.90. The van der Waals surface area contributed by atoms with Crippen LogP contribution in [-0.2, 0) is 25.7 Å². The Labute approximate surface area is 278 Å². The maximum absolute atomic E-state index is 6.60. The zero-order chi connectivity index (χ0) is 31.7. The molecule has 0 saturated heterocycles. The van der Waals surface area contributed by atoms with Gasteiger partial charge >= 0.3 is 0 Å². The summed E-state index contributed by atoms with van der Waals surface area (Å²) in [6.07, 6.45) is 35.5. The van der Waals surface area contributed by atoms with Crippen LogP contribution in [0.5, 0.6) is 11.5 Å². The summed E-state index contributed by atoms with van der Waals surface area (Å²) in [6.45, 7) is 9.23. The van der Waals surface area contributed by atoms with Crippen molar-refractivity contribution >= 4 is 0 Å².